The molecule has 5 nitrogen and oxygen atoms in total. The first-order valence-corrected chi connectivity index (χ1v) is 10.3. The zero-order valence-corrected chi connectivity index (χ0v) is 18.7. The van der Waals surface area contributed by atoms with Gasteiger partial charge < -0.3 is 18.9 Å². The Labute approximate surface area is 188 Å². The molecule has 0 aromatic heterocycles. The van der Waals surface area contributed by atoms with Gasteiger partial charge >= 0.3 is 5.97 Å². The summed E-state index contributed by atoms with van der Waals surface area (Å²) in [6, 6.07) is 20.1. The Morgan fingerprint density at radius 3 is 1.78 bits per heavy atom. The fraction of sp³-hybridized carbons (Fsp3) is 0.222. The van der Waals surface area contributed by atoms with Crippen molar-refractivity contribution in [2.75, 3.05) is 28.4 Å². The van der Waals surface area contributed by atoms with Crippen LogP contribution in [0, 0.1) is 0 Å². The van der Waals surface area contributed by atoms with Crippen LogP contribution < -0.4 is 14.2 Å². The molecule has 0 atom stereocenters. The molecule has 0 amide bonds. The maximum atomic E-state index is 12.5. The van der Waals surface area contributed by atoms with Crippen LogP contribution in [0.25, 0.3) is 6.08 Å². The van der Waals surface area contributed by atoms with Gasteiger partial charge in [-0.2, -0.15) is 0 Å². The summed E-state index contributed by atoms with van der Waals surface area (Å²) < 4.78 is 21.2. The monoisotopic (exact) mass is 430 g/mol. The summed E-state index contributed by atoms with van der Waals surface area (Å²) in [5, 5.41) is 0. The van der Waals surface area contributed by atoms with Crippen LogP contribution in [0.4, 0.5) is 0 Å². The van der Waals surface area contributed by atoms with Crippen molar-refractivity contribution in [3.8, 4) is 17.2 Å². The third kappa shape index (κ3) is 3.60. The summed E-state index contributed by atoms with van der Waals surface area (Å²) in [5.41, 5.74) is 4.14. The quantitative estimate of drug-likeness (QED) is 0.512. The molecule has 0 radical (unpaired) electrons. The second kappa shape index (κ2) is 8.79. The zero-order valence-electron chi connectivity index (χ0n) is 18.7. The van der Waals surface area contributed by atoms with E-state index in [2.05, 4.69) is 30.3 Å². The lowest BCUT2D eigenvalue weighted by molar-refractivity contribution is 0.0596. The molecule has 0 saturated heterocycles. The van der Waals surface area contributed by atoms with Crippen molar-refractivity contribution in [1.29, 1.82) is 0 Å². The van der Waals surface area contributed by atoms with E-state index in [4.69, 9.17) is 18.9 Å². The summed E-state index contributed by atoms with van der Waals surface area (Å²) in [6.45, 7) is 0. The van der Waals surface area contributed by atoms with Crippen LogP contribution in [-0.4, -0.2) is 34.4 Å². The van der Waals surface area contributed by atoms with E-state index in [0.717, 1.165) is 33.8 Å². The molecule has 0 aliphatic heterocycles. The van der Waals surface area contributed by atoms with Crippen LogP contribution in [0.15, 0.2) is 66.7 Å². The number of allylic oxidation sites excluding steroid dienone is 1. The standard InChI is InChI=1S/C27H26O5/c1-29-21-10-6-19(7-11-21)27(20-8-12-22(30-2)13-9-20)16-15-23-18(17-27)5-14-24(31-3)25(23)26(28)32-4/h5-16H,17H2,1-4H3. The fourth-order valence-electron chi connectivity index (χ4n) is 4.39. The lowest BCUT2D eigenvalue weighted by atomic mass is 9.67. The van der Waals surface area contributed by atoms with Crippen molar-refractivity contribution in [2.24, 2.45) is 0 Å². The van der Waals surface area contributed by atoms with Gasteiger partial charge in [-0.25, -0.2) is 4.79 Å². The Bertz CT molecular complexity index is 1100. The summed E-state index contributed by atoms with van der Waals surface area (Å²) in [7, 11) is 6.26. The predicted octanol–water partition coefficient (Wildman–Crippen LogP) is 5.05. The molecule has 0 heterocycles. The predicted molar refractivity (Wildman–Crippen MR) is 124 cm³/mol. The molecule has 3 aromatic carbocycles. The van der Waals surface area contributed by atoms with E-state index in [1.165, 1.54) is 7.11 Å². The van der Waals surface area contributed by atoms with E-state index >= 15 is 0 Å². The van der Waals surface area contributed by atoms with Gasteiger partial charge in [0, 0.05) is 5.41 Å². The number of benzene rings is 3. The molecular formula is C27H26O5. The molecule has 0 fully saturated rings. The van der Waals surface area contributed by atoms with E-state index in [1.807, 2.05) is 42.5 Å². The lowest BCUT2D eigenvalue weighted by Crippen LogP contribution is -2.31. The first kappa shape index (κ1) is 21.5. The second-order valence-electron chi connectivity index (χ2n) is 7.65. The average molecular weight is 431 g/mol. The molecule has 0 N–H and O–H groups in total. The minimum Gasteiger partial charge on any atom is -0.497 e. The minimum absolute atomic E-state index is 0.412. The lowest BCUT2D eigenvalue weighted by Gasteiger charge is -2.36. The van der Waals surface area contributed by atoms with Crippen LogP contribution in [0.5, 0.6) is 17.2 Å². The topological polar surface area (TPSA) is 54.0 Å². The number of rotatable bonds is 6. The van der Waals surface area contributed by atoms with Gasteiger partial charge in [-0.15, -0.1) is 0 Å². The Balaban J connectivity index is 1.90. The molecule has 0 unspecified atom stereocenters. The van der Waals surface area contributed by atoms with Crippen LogP contribution >= 0.6 is 0 Å². The number of hydrogen-bond acceptors (Lipinski definition) is 5. The number of carbonyl (C=O) groups excluding carboxylic acids is 1. The average Bonchev–Trinajstić information content (AvgIpc) is 2.87. The van der Waals surface area contributed by atoms with Crippen LogP contribution in [0.2, 0.25) is 0 Å². The van der Waals surface area contributed by atoms with Gasteiger partial charge in [0.1, 0.15) is 22.8 Å². The first-order chi connectivity index (χ1) is 15.6. The van der Waals surface area contributed by atoms with E-state index in [1.54, 1.807) is 21.3 Å². The van der Waals surface area contributed by atoms with Crippen molar-refractivity contribution >= 4 is 12.0 Å². The number of esters is 1. The van der Waals surface area contributed by atoms with Crippen molar-refractivity contribution in [2.45, 2.75) is 11.8 Å². The van der Waals surface area contributed by atoms with Crippen molar-refractivity contribution in [3.05, 3.63) is 94.6 Å². The largest absolute Gasteiger partial charge is 0.497 e. The summed E-state index contributed by atoms with van der Waals surface area (Å²) in [5.74, 6) is 1.69. The molecule has 1 aliphatic carbocycles. The molecule has 5 heteroatoms. The van der Waals surface area contributed by atoms with Gasteiger partial charge in [0.15, 0.2) is 0 Å². The Kier molecular flexibility index (Phi) is 5.91. The van der Waals surface area contributed by atoms with Gasteiger partial charge in [0.2, 0.25) is 0 Å². The molecule has 32 heavy (non-hydrogen) atoms. The van der Waals surface area contributed by atoms with Crippen molar-refractivity contribution in [3.63, 3.8) is 0 Å². The summed E-state index contributed by atoms with van der Waals surface area (Å²) >= 11 is 0. The Morgan fingerprint density at radius 1 is 0.750 bits per heavy atom. The highest BCUT2D eigenvalue weighted by Crippen LogP contribution is 2.44. The molecule has 3 aromatic rings. The van der Waals surface area contributed by atoms with E-state index in [9.17, 15) is 4.79 Å². The van der Waals surface area contributed by atoms with Crippen molar-refractivity contribution < 1.29 is 23.7 Å². The normalized spacial score (nSPS) is 13.8. The van der Waals surface area contributed by atoms with E-state index in [-0.39, 0.29) is 0 Å². The van der Waals surface area contributed by atoms with Gasteiger partial charge in [-0.05, 0) is 59.0 Å². The highest BCUT2D eigenvalue weighted by atomic mass is 16.5. The molecule has 0 saturated carbocycles. The number of fused-ring (bicyclic) bond motifs is 1. The zero-order chi connectivity index (χ0) is 22.7. The van der Waals surface area contributed by atoms with E-state index < -0.39 is 11.4 Å². The third-order valence-electron chi connectivity index (χ3n) is 6.12. The maximum absolute atomic E-state index is 12.5. The van der Waals surface area contributed by atoms with Gasteiger partial charge in [0.05, 0.1) is 28.4 Å². The number of ether oxygens (including phenoxy) is 4. The second-order valence-corrected chi connectivity index (χ2v) is 7.65. The number of hydrogen-bond donors (Lipinski definition) is 0. The van der Waals surface area contributed by atoms with Crippen molar-refractivity contribution in [1.82, 2.24) is 0 Å². The van der Waals surface area contributed by atoms with Crippen LogP contribution in [0.1, 0.15) is 32.6 Å². The molecular weight excluding hydrogens is 404 g/mol. The number of methoxy groups -OCH3 is 4. The van der Waals surface area contributed by atoms with Crippen LogP contribution in [0.3, 0.4) is 0 Å². The SMILES string of the molecule is COC(=O)c1c(OC)ccc2c1C=CC(c1ccc(OC)cc1)(c1ccc(OC)cc1)C2. The minimum atomic E-state index is -0.423. The maximum Gasteiger partial charge on any atom is 0.342 e. The Morgan fingerprint density at radius 2 is 1.31 bits per heavy atom. The highest BCUT2D eigenvalue weighted by Gasteiger charge is 2.36. The molecule has 0 bridgehead atoms. The number of carbonyl (C=O) groups is 1. The molecule has 1 aliphatic rings. The highest BCUT2D eigenvalue weighted by molar-refractivity contribution is 5.97. The van der Waals surface area contributed by atoms with Crippen LogP contribution in [-0.2, 0) is 16.6 Å². The summed E-state index contributed by atoms with van der Waals surface area (Å²) in [4.78, 5) is 12.5. The van der Waals surface area contributed by atoms with E-state index in [0.29, 0.717) is 17.7 Å². The fourth-order valence-corrected chi connectivity index (χ4v) is 4.39. The third-order valence-corrected chi connectivity index (χ3v) is 6.12. The van der Waals surface area contributed by atoms with Gasteiger partial charge in [-0.1, -0.05) is 42.5 Å². The first-order valence-electron chi connectivity index (χ1n) is 10.3. The molecule has 164 valence electrons. The Hall–Kier alpha value is -3.73. The van der Waals surface area contributed by atoms with Gasteiger partial charge in [0.25, 0.3) is 0 Å². The summed E-state index contributed by atoms with van der Waals surface area (Å²) in [6.07, 6.45) is 4.83. The molecule has 0 spiro atoms. The van der Waals surface area contributed by atoms with Gasteiger partial charge in [-0.3, -0.25) is 0 Å². The molecule has 4 rings (SSSR count). The smallest absolute Gasteiger partial charge is 0.342 e.